The van der Waals surface area contributed by atoms with Crippen molar-refractivity contribution in [2.24, 2.45) is 5.73 Å². The molecule has 8 aliphatic rings. The molecule has 0 saturated carbocycles. The van der Waals surface area contributed by atoms with Gasteiger partial charge in [0.2, 0.25) is 23.6 Å². The summed E-state index contributed by atoms with van der Waals surface area (Å²) in [6.45, 7) is 50.6. The van der Waals surface area contributed by atoms with Crippen molar-refractivity contribution in [2.45, 2.75) is 324 Å². The lowest BCUT2D eigenvalue weighted by Crippen LogP contribution is -2.55. The molecule has 768 valence electrons. The van der Waals surface area contributed by atoms with Crippen LogP contribution in [0.15, 0.2) is 73.0 Å². The Morgan fingerprint density at radius 1 is 0.543 bits per heavy atom. The van der Waals surface area contributed by atoms with E-state index in [1.54, 1.807) is 62.5 Å². The zero-order valence-corrected chi connectivity index (χ0v) is 86.5. The number of sulfone groups is 1. The molecule has 43 heteroatoms. The molecule has 6 fully saturated rings. The predicted molar refractivity (Wildman–Crippen MR) is 518 cm³/mol. The highest BCUT2D eigenvalue weighted by atomic mass is 32.2. The van der Waals surface area contributed by atoms with Gasteiger partial charge in [-0.25, -0.2) is 27.6 Å². The monoisotopic (exact) mass is 1970 g/mol. The van der Waals surface area contributed by atoms with E-state index in [2.05, 4.69) is 51.8 Å². The van der Waals surface area contributed by atoms with Crippen molar-refractivity contribution in [3.63, 3.8) is 0 Å². The number of ether oxygens (including phenoxy) is 4. The number of piperidine rings is 6. The predicted octanol–water partition coefficient (Wildman–Crippen LogP) is 10.9. The summed E-state index contributed by atoms with van der Waals surface area (Å²) in [5.41, 5.74) is 10.0. The molecule has 10 heterocycles. The van der Waals surface area contributed by atoms with Gasteiger partial charge >= 0.3 is 24.4 Å². The van der Waals surface area contributed by atoms with Crippen molar-refractivity contribution < 1.29 is 112 Å². The minimum absolute atomic E-state index is 0.0656. The lowest BCUT2D eigenvalue weighted by molar-refractivity contribution is -0.137. The fourth-order valence-electron chi connectivity index (χ4n) is 16.3. The van der Waals surface area contributed by atoms with Crippen LogP contribution >= 0.6 is 0 Å². The molecule has 12 amide bonds. The highest BCUT2D eigenvalue weighted by molar-refractivity contribution is 7.89. The van der Waals surface area contributed by atoms with Crippen molar-refractivity contribution in [3.05, 3.63) is 106 Å². The molecule has 0 radical (unpaired) electrons. The second kappa shape index (κ2) is 48.3. The van der Waals surface area contributed by atoms with Gasteiger partial charge < -0.3 is 70.7 Å². The molecular formula is C95H147N17O24S2. The number of hydrogen-bond acceptors (Lipinski definition) is 31. The van der Waals surface area contributed by atoms with E-state index >= 15 is 0 Å². The Hall–Kier alpha value is -11.6. The number of carbonyl (C=O) groups is 14. The number of likely N-dealkylation sites (tertiary alicyclic amines) is 4. The lowest BCUT2D eigenvalue weighted by atomic mass is 9.87. The van der Waals surface area contributed by atoms with Gasteiger partial charge in [0.15, 0.2) is 12.6 Å². The van der Waals surface area contributed by atoms with Crippen LogP contribution in [-0.2, 0) is 73.6 Å². The minimum atomic E-state index is -3.48. The molecule has 6 saturated heterocycles. The van der Waals surface area contributed by atoms with Crippen molar-refractivity contribution in [1.29, 1.82) is 5.41 Å². The average Bonchev–Trinajstić information content (AvgIpc) is 1.60. The molecule has 2 aromatic heterocycles. The Balaban J connectivity index is 0.000000301. The van der Waals surface area contributed by atoms with Gasteiger partial charge in [-0.05, 0) is 247 Å². The summed E-state index contributed by atoms with van der Waals surface area (Å²) < 4.78 is 72.2. The van der Waals surface area contributed by atoms with Crippen LogP contribution in [0.1, 0.15) is 306 Å². The number of aromatic nitrogens is 4. The molecule has 0 aliphatic carbocycles. The van der Waals surface area contributed by atoms with Crippen molar-refractivity contribution in [3.8, 4) is 0 Å². The normalized spacial score (nSPS) is 21.1. The first-order valence-corrected chi connectivity index (χ1v) is 50.2. The van der Waals surface area contributed by atoms with Crippen LogP contribution in [0.2, 0.25) is 0 Å². The van der Waals surface area contributed by atoms with Crippen LogP contribution in [0.5, 0.6) is 0 Å². The third kappa shape index (κ3) is 35.1. The van der Waals surface area contributed by atoms with Crippen molar-refractivity contribution in [2.75, 3.05) is 75.6 Å². The second-order valence-corrected chi connectivity index (χ2v) is 45.2. The maximum atomic E-state index is 13.3. The Morgan fingerprint density at radius 3 is 1.25 bits per heavy atom. The third-order valence-corrected chi connectivity index (χ3v) is 23.4. The van der Waals surface area contributed by atoms with Gasteiger partial charge in [0.05, 0.1) is 70.8 Å². The van der Waals surface area contributed by atoms with Gasteiger partial charge in [0, 0.05) is 128 Å². The largest absolute Gasteiger partial charge is 0.444 e. The number of rotatable bonds is 15. The number of nitrogens with zero attached hydrogens (tertiary/aromatic N) is 11. The summed E-state index contributed by atoms with van der Waals surface area (Å²) in [5.74, 6) is -4.32. The maximum Gasteiger partial charge on any atom is 0.410 e. The van der Waals surface area contributed by atoms with Gasteiger partial charge in [0.1, 0.15) is 44.3 Å². The first-order valence-electron chi connectivity index (χ1n) is 46.0. The van der Waals surface area contributed by atoms with E-state index in [9.17, 15) is 89.1 Å². The van der Waals surface area contributed by atoms with Crippen LogP contribution in [0, 0.1) is 5.41 Å². The molecule has 4 aromatic rings. The number of nitrogens with one attached hydrogen (secondary N) is 4. The number of amides is 12. The topological polar surface area (TPSA) is 544 Å². The van der Waals surface area contributed by atoms with Crippen LogP contribution in [0.3, 0.4) is 0 Å². The van der Waals surface area contributed by atoms with Gasteiger partial charge in [-0.1, -0.05) is 32.9 Å². The molecule has 2 aromatic carbocycles. The number of nitrogens with two attached hydrogens (primary N) is 2. The molecular weight excluding hydrogens is 1830 g/mol. The molecule has 6 unspecified atom stereocenters. The summed E-state index contributed by atoms with van der Waals surface area (Å²) in [5, 5.41) is 32.5. The van der Waals surface area contributed by atoms with E-state index in [-0.39, 0.29) is 113 Å². The molecule has 138 heavy (non-hydrogen) atoms. The Labute approximate surface area is 811 Å². The van der Waals surface area contributed by atoms with Gasteiger partial charge in [-0.3, -0.25) is 81.9 Å². The second-order valence-electron chi connectivity index (χ2n) is 41.3. The molecule has 6 atom stereocenters. The highest BCUT2D eigenvalue weighted by Gasteiger charge is 2.50. The lowest BCUT2D eigenvalue weighted by Gasteiger charge is -2.45. The van der Waals surface area contributed by atoms with E-state index in [0.717, 1.165) is 72.1 Å². The van der Waals surface area contributed by atoms with Gasteiger partial charge in [0.25, 0.3) is 33.7 Å². The molecule has 41 nitrogen and oxygen atoms in total. The van der Waals surface area contributed by atoms with Crippen LogP contribution in [0.25, 0.3) is 0 Å². The van der Waals surface area contributed by atoms with Crippen LogP contribution < -0.4 is 27.4 Å². The number of imide groups is 4. The van der Waals surface area contributed by atoms with E-state index in [4.69, 9.17) is 40.0 Å². The number of fused-ring (bicyclic) bond motifs is 2. The first kappa shape index (κ1) is 117. The summed E-state index contributed by atoms with van der Waals surface area (Å²) >= 11 is 0. The molecule has 12 rings (SSSR count). The average molecular weight is 1980 g/mol. The van der Waals surface area contributed by atoms with Crippen LogP contribution in [0.4, 0.5) is 30.6 Å². The van der Waals surface area contributed by atoms with E-state index in [0.29, 0.717) is 82.4 Å². The zero-order chi connectivity index (χ0) is 105. The summed E-state index contributed by atoms with van der Waals surface area (Å²) in [7, 11) is -6.14. The zero-order valence-electron chi connectivity index (χ0n) is 84.9. The van der Waals surface area contributed by atoms with Gasteiger partial charge in [-0.15, -0.1) is 0 Å². The number of hydrogen-bond donors (Lipinski definition) is 7. The minimum Gasteiger partial charge on any atom is -0.444 e. The number of carbonyl (C=O) groups excluding carboxylic acids is 14. The number of benzene rings is 2. The fourth-order valence-corrected chi connectivity index (χ4v) is 17.0. The summed E-state index contributed by atoms with van der Waals surface area (Å²) in [6.07, 6.45) is 17.3. The van der Waals surface area contributed by atoms with Gasteiger partial charge in [-0.2, -0.15) is 18.6 Å². The number of aldehydes is 2. The molecule has 9 N–H and O–H groups in total. The quantitative estimate of drug-likeness (QED) is 0.0111. The highest BCUT2D eigenvalue weighted by Crippen LogP contribution is 2.40. The molecule has 0 bridgehead atoms. The first-order chi connectivity index (χ1) is 63.5. The van der Waals surface area contributed by atoms with Crippen LogP contribution in [-0.4, -0.2) is 300 Å². The van der Waals surface area contributed by atoms with Crippen molar-refractivity contribution >= 4 is 122 Å². The number of anilines is 2. The maximum absolute atomic E-state index is 13.3. The Kier molecular flexibility index (Phi) is 41.0. The summed E-state index contributed by atoms with van der Waals surface area (Å²) in [6, 6.07) is 7.87. The Bertz CT molecular complexity index is 5280. The fraction of sp³-hybridized carbons (Fsp3) is 0.632. The summed E-state index contributed by atoms with van der Waals surface area (Å²) in [4.78, 5) is 179. The van der Waals surface area contributed by atoms with E-state index < -0.39 is 119 Å². The third-order valence-electron chi connectivity index (χ3n) is 22.8. The SMILES string of the molecule is CC(C)(C)OC(=O)N1CCC(O)CC1(C)C.CC(C)(C)OC(=O)N1CCC(OS(C)(=O)=O)CC1(C)C.CC(C)(C)OC(=O)N1CCC(n2cc(C=O)cn2)CC1(C)C.CC(C)(C)OC(=O)N1CCC(n2cc(CNc3cccc4c3C(=O)N(C3CCC(=O)NC3=O)C4=O)cn2)CC1(C)C.CCN(CC)CC.CS(C)(=O)=O.N=C/C(C=O)=C\N.Nc1cccc2c1C(=O)N(C1CCC(=O)NC1=O)C2=O. The number of nitrogen functional groups attached to an aromatic ring is 1. The number of aliphatic hydroxyl groups excluding tert-OH is 1. The Morgan fingerprint density at radius 2 is 0.920 bits per heavy atom. The number of aliphatic hydroxyl groups is 1. The standard InChI is InChI=1S/C29H36N6O6.C16H25N3O3.C13H11N3O4.C13H25NO5S.C12H23NO3.C6H15N.C4H6N2O.C2H6O2S/c1-28(2,3)41-27(40)33-12-11-18(13-29(33,4)5)34-16-17(15-31-34)14-30-20-8-6-7-19-23(20)26(39)35(25(19)38)21-9-10-22(36)32-24(21)37;1-15(2,3)22-14(21)18-7-6-13(8-16(18,4)5)19-10-12(11-20)9-17-19;14-7-3-1-2-6-10(7)13(20)16(12(6)19)8-4-5-9(17)15-11(8)18;1-12(2,3)18-11(15)14-8-7-10(9-13(14,4)5)19-20(6,16)17;1-11(2,3)16-10(15)13-7-6-9(14)8-12(13,4)5;1-4-7(5-2)6-3;5-1-4(2-6)3-7;1-5(2,3)4/h6-8,15-16,18,21,30H,9-14H2,1-5H3,(H,32,36,37);9-11,13H,6-8H2,1-5H3;1-3,8H,4-5,14H2,(H,15,17,18);10H,7-9H2,1-6H3;9,14H,6-8H2,1-5H3;4-6H2,1-3H3;1-3,5H,6H2;1-2H3/b;;;;;;4-2+,5-1?;. The number of allylic oxidation sites excluding steroid dienone is 1. The smallest absolute Gasteiger partial charge is 0.410 e. The van der Waals surface area contributed by atoms with Crippen molar-refractivity contribution in [1.82, 2.24) is 64.5 Å². The molecule has 0 spiro atoms. The molecule has 8 aliphatic heterocycles. The van der Waals surface area contributed by atoms with E-state index in [1.807, 2.05) is 154 Å². The van der Waals surface area contributed by atoms with E-state index in [1.165, 1.54) is 31.8 Å².